The van der Waals surface area contributed by atoms with Crippen molar-refractivity contribution in [2.45, 2.75) is 43.7 Å². The summed E-state index contributed by atoms with van der Waals surface area (Å²) in [6.45, 7) is 4.58. The molecule has 2 N–H and O–H groups in total. The van der Waals surface area contributed by atoms with E-state index in [1.54, 1.807) is 30.3 Å². The highest BCUT2D eigenvalue weighted by molar-refractivity contribution is 7.92. The van der Waals surface area contributed by atoms with Crippen LogP contribution in [0.5, 0.6) is 0 Å². The number of hydrogen-bond acceptors (Lipinski definition) is 6. The zero-order valence-electron chi connectivity index (χ0n) is 20.6. The van der Waals surface area contributed by atoms with Gasteiger partial charge in [-0.15, -0.1) is 0 Å². The first kappa shape index (κ1) is 24.3. The Labute approximate surface area is 211 Å². The summed E-state index contributed by atoms with van der Waals surface area (Å²) < 4.78 is 40.2. The Morgan fingerprint density at radius 3 is 2.53 bits per heavy atom. The van der Waals surface area contributed by atoms with Gasteiger partial charge in [-0.05, 0) is 85.8 Å². The van der Waals surface area contributed by atoms with Crippen molar-refractivity contribution in [3.63, 3.8) is 0 Å². The molecule has 2 aliphatic heterocycles. The van der Waals surface area contributed by atoms with Crippen molar-refractivity contribution in [2.24, 2.45) is 5.92 Å². The van der Waals surface area contributed by atoms with Crippen LogP contribution < -0.4 is 10.0 Å². The quantitative estimate of drug-likeness (QED) is 0.442. The predicted molar refractivity (Wildman–Crippen MR) is 139 cm³/mol. The normalized spacial score (nSPS) is 21.0. The summed E-state index contributed by atoms with van der Waals surface area (Å²) in [5.41, 5.74) is 5.91. The highest BCUT2D eigenvalue weighted by atomic mass is 32.2. The van der Waals surface area contributed by atoms with Crippen molar-refractivity contribution in [2.75, 3.05) is 23.8 Å². The lowest BCUT2D eigenvalue weighted by molar-refractivity contribution is -0.0382. The average molecular weight is 507 g/mol. The molecular weight excluding hydrogens is 476 g/mol. The lowest BCUT2D eigenvalue weighted by Gasteiger charge is -2.43. The van der Waals surface area contributed by atoms with Crippen LogP contribution in [-0.2, 0) is 19.5 Å². The third-order valence-electron chi connectivity index (χ3n) is 7.20. The molecule has 36 heavy (non-hydrogen) atoms. The molecule has 5 rings (SSSR count). The minimum absolute atomic E-state index is 0.0226. The average Bonchev–Trinajstić information content (AvgIpc) is 2.89. The molecule has 0 saturated carbocycles. The first-order chi connectivity index (χ1) is 17.3. The van der Waals surface area contributed by atoms with E-state index in [2.05, 4.69) is 10.0 Å². The summed E-state index contributed by atoms with van der Waals surface area (Å²) in [6.07, 6.45) is 1.65. The van der Waals surface area contributed by atoms with Crippen molar-refractivity contribution in [3.05, 3.63) is 88.5 Å². The van der Waals surface area contributed by atoms with Gasteiger partial charge in [0.1, 0.15) is 0 Å². The molecule has 1 saturated heterocycles. The molecule has 1 fully saturated rings. The lowest BCUT2D eigenvalue weighted by atomic mass is 9.77. The number of methoxy groups -OCH3 is 1. The van der Waals surface area contributed by atoms with E-state index in [1.165, 1.54) is 7.11 Å². The molecule has 3 aromatic rings. The molecule has 0 bridgehead atoms. The molecule has 7 nitrogen and oxygen atoms in total. The summed E-state index contributed by atoms with van der Waals surface area (Å²) in [5, 5.41) is 3.61. The Kier molecular flexibility index (Phi) is 6.49. The van der Waals surface area contributed by atoms with Gasteiger partial charge in [0.15, 0.2) is 0 Å². The number of esters is 1. The number of ether oxygens (including phenoxy) is 2. The number of rotatable bonds is 5. The van der Waals surface area contributed by atoms with Crippen LogP contribution in [0.15, 0.2) is 65.6 Å². The van der Waals surface area contributed by atoms with Gasteiger partial charge in [-0.3, -0.25) is 4.72 Å². The monoisotopic (exact) mass is 506 g/mol. The standard InChI is InChI=1S/C28H30N2O5S/c1-17-6-11-21(15-18(17)2)30-36(32,33)22-12-13-25-24(16-22)27-23(5-4-14-35-27)26(29-25)19-7-9-20(10-8-19)28(31)34-3/h6-13,15-16,23,26-27,29-30H,4-5,14H2,1-3H3. The number of fused-ring (bicyclic) bond motifs is 3. The van der Waals surface area contributed by atoms with E-state index in [9.17, 15) is 13.2 Å². The molecule has 0 radical (unpaired) electrons. The second-order valence-corrected chi connectivity index (χ2v) is 11.2. The first-order valence-electron chi connectivity index (χ1n) is 12.1. The molecule has 3 aromatic carbocycles. The number of hydrogen-bond donors (Lipinski definition) is 2. The minimum atomic E-state index is -3.77. The molecule has 3 unspecified atom stereocenters. The minimum Gasteiger partial charge on any atom is -0.465 e. The molecule has 3 atom stereocenters. The fraction of sp³-hybridized carbons (Fsp3) is 0.321. The van der Waals surface area contributed by atoms with Crippen LogP contribution >= 0.6 is 0 Å². The van der Waals surface area contributed by atoms with E-state index < -0.39 is 10.0 Å². The molecule has 8 heteroatoms. The van der Waals surface area contributed by atoms with Crippen molar-refractivity contribution < 1.29 is 22.7 Å². The number of benzene rings is 3. The zero-order chi connectivity index (χ0) is 25.4. The predicted octanol–water partition coefficient (Wildman–Crippen LogP) is 5.53. The number of carbonyl (C=O) groups excluding carboxylic acids is 1. The van der Waals surface area contributed by atoms with Crippen LogP contribution in [0.2, 0.25) is 0 Å². The molecule has 2 aliphatic rings. The lowest BCUT2D eigenvalue weighted by Crippen LogP contribution is -2.36. The number of aryl methyl sites for hydroxylation is 2. The molecule has 0 aromatic heterocycles. The third-order valence-corrected chi connectivity index (χ3v) is 8.58. The number of carbonyl (C=O) groups is 1. The van der Waals surface area contributed by atoms with Gasteiger partial charge in [0.2, 0.25) is 0 Å². The summed E-state index contributed by atoms with van der Waals surface area (Å²) in [7, 11) is -2.41. The Morgan fingerprint density at radius 1 is 1.03 bits per heavy atom. The summed E-state index contributed by atoms with van der Waals surface area (Å²) >= 11 is 0. The topological polar surface area (TPSA) is 93.7 Å². The van der Waals surface area contributed by atoms with E-state index in [0.29, 0.717) is 17.9 Å². The molecule has 2 heterocycles. The zero-order valence-corrected chi connectivity index (χ0v) is 21.4. The second-order valence-electron chi connectivity index (χ2n) is 9.49. The molecule has 0 amide bonds. The summed E-state index contributed by atoms with van der Waals surface area (Å²) in [5.74, 6) is -0.244. The Balaban J connectivity index is 1.46. The van der Waals surface area contributed by atoms with Gasteiger partial charge in [-0.2, -0.15) is 0 Å². The van der Waals surface area contributed by atoms with E-state index in [0.717, 1.165) is 40.8 Å². The van der Waals surface area contributed by atoms with Crippen molar-refractivity contribution in [3.8, 4) is 0 Å². The third kappa shape index (κ3) is 4.58. The largest absolute Gasteiger partial charge is 0.465 e. The Morgan fingerprint density at radius 2 is 1.81 bits per heavy atom. The van der Waals surface area contributed by atoms with Crippen LogP contribution in [0.3, 0.4) is 0 Å². The van der Waals surface area contributed by atoms with Gasteiger partial charge in [-0.25, -0.2) is 13.2 Å². The van der Waals surface area contributed by atoms with Gasteiger partial charge in [-0.1, -0.05) is 18.2 Å². The molecule has 0 aliphatic carbocycles. The first-order valence-corrected chi connectivity index (χ1v) is 13.6. The van der Waals surface area contributed by atoms with Gasteiger partial charge in [0, 0.05) is 29.5 Å². The van der Waals surface area contributed by atoms with Crippen LogP contribution in [0, 0.1) is 19.8 Å². The van der Waals surface area contributed by atoms with Gasteiger partial charge in [0.25, 0.3) is 10.0 Å². The van der Waals surface area contributed by atoms with E-state index in [1.807, 2.05) is 44.2 Å². The van der Waals surface area contributed by atoms with Gasteiger partial charge < -0.3 is 14.8 Å². The smallest absolute Gasteiger partial charge is 0.337 e. The maximum Gasteiger partial charge on any atom is 0.337 e. The van der Waals surface area contributed by atoms with Crippen molar-refractivity contribution in [1.82, 2.24) is 0 Å². The van der Waals surface area contributed by atoms with Crippen LogP contribution in [0.1, 0.15) is 57.6 Å². The van der Waals surface area contributed by atoms with E-state index in [-0.39, 0.29) is 28.9 Å². The Hall–Kier alpha value is -3.36. The maximum atomic E-state index is 13.2. The van der Waals surface area contributed by atoms with E-state index in [4.69, 9.17) is 9.47 Å². The van der Waals surface area contributed by atoms with Crippen LogP contribution in [-0.4, -0.2) is 28.1 Å². The van der Waals surface area contributed by atoms with E-state index >= 15 is 0 Å². The number of nitrogens with one attached hydrogen (secondary N) is 2. The fourth-order valence-corrected chi connectivity index (χ4v) is 6.19. The highest BCUT2D eigenvalue weighted by Crippen LogP contribution is 2.49. The SMILES string of the molecule is COC(=O)c1ccc(C2Nc3ccc(S(=O)(=O)Nc4ccc(C)c(C)c4)cc3C3OCCCC23)cc1. The van der Waals surface area contributed by atoms with Crippen molar-refractivity contribution >= 4 is 27.4 Å². The highest BCUT2D eigenvalue weighted by Gasteiger charge is 2.40. The van der Waals surface area contributed by atoms with Crippen LogP contribution in [0.25, 0.3) is 0 Å². The molecule has 0 spiro atoms. The second kappa shape index (κ2) is 9.59. The molecule has 188 valence electrons. The number of anilines is 2. The van der Waals surface area contributed by atoms with Crippen LogP contribution in [0.4, 0.5) is 11.4 Å². The van der Waals surface area contributed by atoms with Crippen molar-refractivity contribution in [1.29, 1.82) is 0 Å². The number of sulfonamides is 1. The summed E-state index contributed by atoms with van der Waals surface area (Å²) in [6, 6.07) is 18.1. The summed E-state index contributed by atoms with van der Waals surface area (Å²) in [4.78, 5) is 12.0. The fourth-order valence-electron chi connectivity index (χ4n) is 5.11. The van der Waals surface area contributed by atoms with Gasteiger partial charge >= 0.3 is 5.97 Å². The Bertz CT molecular complexity index is 1400. The maximum absolute atomic E-state index is 13.2. The van der Waals surface area contributed by atoms with Gasteiger partial charge in [0.05, 0.1) is 29.7 Å². The molecular formula is C28H30N2O5S.